The Morgan fingerprint density at radius 2 is 1.95 bits per heavy atom. The van der Waals surface area contributed by atoms with Crippen molar-refractivity contribution in [3.05, 3.63) is 58.7 Å². The van der Waals surface area contributed by atoms with Gasteiger partial charge in [-0.05, 0) is 29.7 Å². The lowest BCUT2D eigenvalue weighted by atomic mass is 10.0. The van der Waals surface area contributed by atoms with E-state index < -0.39 is 0 Å². The van der Waals surface area contributed by atoms with Crippen molar-refractivity contribution in [3.63, 3.8) is 0 Å². The maximum absolute atomic E-state index is 6.22. The molecule has 2 nitrogen and oxygen atoms in total. The molecule has 0 aliphatic heterocycles. The molecule has 4 heteroatoms. The zero-order valence-corrected chi connectivity index (χ0v) is 13.1. The van der Waals surface area contributed by atoms with E-state index in [0.717, 1.165) is 17.2 Å². The Labute approximate surface area is 129 Å². The molecule has 0 saturated heterocycles. The molecule has 2 N–H and O–H groups in total. The molecule has 0 radical (unpaired) electrons. The van der Waals surface area contributed by atoms with Crippen molar-refractivity contribution in [2.45, 2.75) is 30.8 Å². The third-order valence-electron chi connectivity index (χ3n) is 3.06. The predicted molar refractivity (Wildman–Crippen MR) is 87.3 cm³/mol. The van der Waals surface area contributed by atoms with Gasteiger partial charge in [-0.25, -0.2) is 4.98 Å². The minimum atomic E-state index is 0.0214. The molecule has 1 aromatic carbocycles. The summed E-state index contributed by atoms with van der Waals surface area (Å²) in [4.78, 5) is 4.26. The van der Waals surface area contributed by atoms with Crippen LogP contribution in [0.2, 0.25) is 5.02 Å². The summed E-state index contributed by atoms with van der Waals surface area (Å²) < 4.78 is 0. The highest BCUT2D eigenvalue weighted by molar-refractivity contribution is 7.99. The lowest BCUT2D eigenvalue weighted by Crippen LogP contribution is -2.13. The van der Waals surface area contributed by atoms with Gasteiger partial charge in [-0.2, -0.15) is 0 Å². The number of aryl methyl sites for hydroxylation is 1. The van der Waals surface area contributed by atoms with Crippen LogP contribution in [0.1, 0.15) is 30.5 Å². The second-order valence-corrected chi connectivity index (χ2v) is 6.20. The van der Waals surface area contributed by atoms with Crippen LogP contribution in [0.3, 0.4) is 0 Å². The van der Waals surface area contributed by atoms with Crippen LogP contribution >= 0.6 is 23.4 Å². The molecule has 0 saturated carbocycles. The second kappa shape index (κ2) is 7.67. The first kappa shape index (κ1) is 15.4. The Hall–Kier alpha value is -1.03. The highest BCUT2D eigenvalue weighted by Crippen LogP contribution is 2.23. The van der Waals surface area contributed by atoms with Gasteiger partial charge in [0.2, 0.25) is 0 Å². The predicted octanol–water partition coefficient (Wildman–Crippen LogP) is 4.48. The van der Waals surface area contributed by atoms with E-state index in [0.29, 0.717) is 5.02 Å². The maximum atomic E-state index is 6.22. The Kier molecular flexibility index (Phi) is 5.89. The van der Waals surface area contributed by atoms with Gasteiger partial charge in [-0.1, -0.05) is 49.2 Å². The van der Waals surface area contributed by atoms with Crippen LogP contribution in [0.25, 0.3) is 0 Å². The van der Waals surface area contributed by atoms with Gasteiger partial charge in [-0.15, -0.1) is 11.8 Å². The minimum Gasteiger partial charge on any atom is -0.323 e. The average molecular weight is 307 g/mol. The number of pyridine rings is 1. The average Bonchev–Trinajstić information content (AvgIpc) is 2.47. The molecule has 0 aliphatic rings. The third-order valence-corrected chi connectivity index (χ3v) is 4.34. The first-order valence-corrected chi connectivity index (χ1v) is 8.14. The van der Waals surface area contributed by atoms with Gasteiger partial charge in [0, 0.05) is 18.0 Å². The summed E-state index contributed by atoms with van der Waals surface area (Å²) in [5, 5.41) is 1.61. The number of halogens is 1. The molecule has 0 amide bonds. The summed E-state index contributed by atoms with van der Waals surface area (Å²) in [6.45, 7) is 2.19. The Morgan fingerprint density at radius 1 is 1.20 bits per heavy atom. The minimum absolute atomic E-state index is 0.0214. The number of nitrogens with two attached hydrogens (primary N) is 1. The van der Waals surface area contributed by atoms with Gasteiger partial charge in [0.1, 0.15) is 0 Å². The van der Waals surface area contributed by atoms with Crippen LogP contribution in [-0.4, -0.2) is 10.7 Å². The van der Waals surface area contributed by atoms with E-state index >= 15 is 0 Å². The van der Waals surface area contributed by atoms with Gasteiger partial charge < -0.3 is 5.73 Å². The van der Waals surface area contributed by atoms with Crippen LogP contribution in [0.5, 0.6) is 0 Å². The molecule has 1 aromatic heterocycles. The zero-order valence-electron chi connectivity index (χ0n) is 11.6. The fraction of sp³-hybridized carbons (Fsp3) is 0.312. The quantitative estimate of drug-likeness (QED) is 0.800. The standard InChI is InChI=1S/C16H19ClN2S/c1-2-3-12-4-6-13(7-5-12)15(18)11-20-16-9-8-14(17)10-19-16/h4-10,15H,2-3,11,18H2,1H3. The first-order valence-electron chi connectivity index (χ1n) is 6.78. The van der Waals surface area contributed by atoms with E-state index in [9.17, 15) is 0 Å². The molecule has 2 aromatic rings. The number of rotatable bonds is 6. The van der Waals surface area contributed by atoms with Crippen LogP contribution in [0.4, 0.5) is 0 Å². The van der Waals surface area contributed by atoms with Crippen LogP contribution in [0.15, 0.2) is 47.6 Å². The van der Waals surface area contributed by atoms with E-state index in [1.807, 2.05) is 12.1 Å². The van der Waals surface area contributed by atoms with Crippen LogP contribution < -0.4 is 5.73 Å². The lowest BCUT2D eigenvalue weighted by molar-refractivity contribution is 0.827. The molecule has 0 aliphatic carbocycles. The van der Waals surface area contributed by atoms with Crippen molar-refractivity contribution < 1.29 is 0 Å². The molecule has 1 heterocycles. The molecule has 0 spiro atoms. The summed E-state index contributed by atoms with van der Waals surface area (Å²) in [6.07, 6.45) is 3.96. The number of benzene rings is 1. The van der Waals surface area contributed by atoms with Crippen molar-refractivity contribution in [1.82, 2.24) is 4.98 Å². The number of hydrogen-bond donors (Lipinski definition) is 1. The largest absolute Gasteiger partial charge is 0.323 e. The number of hydrogen-bond acceptors (Lipinski definition) is 3. The van der Waals surface area contributed by atoms with E-state index in [-0.39, 0.29) is 6.04 Å². The second-order valence-electron chi connectivity index (χ2n) is 4.72. The van der Waals surface area contributed by atoms with Gasteiger partial charge in [0.15, 0.2) is 0 Å². The summed E-state index contributed by atoms with van der Waals surface area (Å²) in [5.41, 5.74) is 8.77. The van der Waals surface area contributed by atoms with Crippen molar-refractivity contribution in [1.29, 1.82) is 0 Å². The fourth-order valence-corrected chi connectivity index (χ4v) is 2.89. The van der Waals surface area contributed by atoms with Crippen molar-refractivity contribution in [2.24, 2.45) is 5.73 Å². The molecule has 0 fully saturated rings. The Bertz CT molecular complexity index is 525. The molecule has 0 bridgehead atoms. The molecule has 20 heavy (non-hydrogen) atoms. The monoisotopic (exact) mass is 306 g/mol. The third kappa shape index (κ3) is 4.51. The fourth-order valence-electron chi connectivity index (χ4n) is 1.94. The van der Waals surface area contributed by atoms with E-state index in [1.165, 1.54) is 17.5 Å². The summed E-state index contributed by atoms with van der Waals surface area (Å²) in [5.74, 6) is 0.807. The zero-order chi connectivity index (χ0) is 14.4. The molecule has 1 unspecified atom stereocenters. The van der Waals surface area contributed by atoms with E-state index in [4.69, 9.17) is 17.3 Å². The maximum Gasteiger partial charge on any atom is 0.0961 e. The number of thioether (sulfide) groups is 1. The molecular weight excluding hydrogens is 288 g/mol. The van der Waals surface area contributed by atoms with Crippen molar-refractivity contribution in [2.75, 3.05) is 5.75 Å². The lowest BCUT2D eigenvalue weighted by Gasteiger charge is -2.12. The molecule has 1 atom stereocenters. The van der Waals surface area contributed by atoms with Gasteiger partial charge in [0.25, 0.3) is 0 Å². The molecule has 2 rings (SSSR count). The Balaban J connectivity index is 1.90. The summed E-state index contributed by atoms with van der Waals surface area (Å²) in [6, 6.07) is 12.4. The van der Waals surface area contributed by atoms with Crippen LogP contribution in [0, 0.1) is 0 Å². The van der Waals surface area contributed by atoms with E-state index in [2.05, 4.69) is 36.2 Å². The topological polar surface area (TPSA) is 38.9 Å². The normalized spacial score (nSPS) is 12.3. The first-order chi connectivity index (χ1) is 9.69. The van der Waals surface area contributed by atoms with Crippen molar-refractivity contribution in [3.8, 4) is 0 Å². The molecular formula is C16H19ClN2S. The van der Waals surface area contributed by atoms with Crippen LogP contribution in [-0.2, 0) is 6.42 Å². The van der Waals surface area contributed by atoms with Crippen molar-refractivity contribution >= 4 is 23.4 Å². The Morgan fingerprint density at radius 3 is 2.55 bits per heavy atom. The van der Waals surface area contributed by atoms with Gasteiger partial charge in [-0.3, -0.25) is 0 Å². The van der Waals surface area contributed by atoms with Gasteiger partial charge >= 0.3 is 0 Å². The number of nitrogens with zero attached hydrogens (tertiary/aromatic N) is 1. The van der Waals surface area contributed by atoms with E-state index in [1.54, 1.807) is 18.0 Å². The van der Waals surface area contributed by atoms with Gasteiger partial charge in [0.05, 0.1) is 10.0 Å². The highest BCUT2D eigenvalue weighted by Gasteiger charge is 2.07. The summed E-state index contributed by atoms with van der Waals surface area (Å²) >= 11 is 7.47. The smallest absolute Gasteiger partial charge is 0.0961 e. The molecule has 106 valence electrons. The number of aromatic nitrogens is 1. The summed E-state index contributed by atoms with van der Waals surface area (Å²) in [7, 11) is 0. The SMILES string of the molecule is CCCc1ccc(C(N)CSc2ccc(Cl)cn2)cc1. The highest BCUT2D eigenvalue weighted by atomic mass is 35.5.